The molecule has 86 valence electrons. The molecule has 15 heavy (non-hydrogen) atoms. The van der Waals surface area contributed by atoms with Crippen LogP contribution in [0.2, 0.25) is 0 Å². The van der Waals surface area contributed by atoms with E-state index in [0.29, 0.717) is 0 Å². The van der Waals surface area contributed by atoms with E-state index in [1.165, 1.54) is 7.11 Å². The molecule has 0 atom stereocenters. The van der Waals surface area contributed by atoms with Crippen molar-refractivity contribution in [2.75, 3.05) is 13.7 Å². The molecule has 0 saturated heterocycles. The second-order valence-electron chi connectivity index (χ2n) is 4.29. The molecule has 0 aliphatic carbocycles. The molecule has 0 saturated carbocycles. The van der Waals surface area contributed by atoms with Crippen LogP contribution in [0.4, 0.5) is 0 Å². The third kappa shape index (κ3) is 5.19. The molecule has 0 aromatic rings. The Morgan fingerprint density at radius 3 is 2.20 bits per heavy atom. The standard InChI is InChI=1S/C10H19BO4/c1-9(2,12)10(3,4)15-11(13)7-6-8-14-5/h12-13H,8H2,1-5H3. The molecule has 2 N–H and O–H groups in total. The van der Waals surface area contributed by atoms with Crippen LogP contribution in [-0.4, -0.2) is 42.2 Å². The molecule has 0 spiro atoms. The maximum atomic E-state index is 9.76. The first-order chi connectivity index (χ1) is 6.70. The minimum atomic E-state index is -1.22. The Bertz CT molecular complexity index is 246. The Balaban J connectivity index is 4.30. The number of hydrogen-bond acceptors (Lipinski definition) is 4. The van der Waals surface area contributed by atoms with Crippen LogP contribution < -0.4 is 0 Å². The summed E-state index contributed by atoms with van der Waals surface area (Å²) in [6.07, 6.45) is 0. The summed E-state index contributed by atoms with van der Waals surface area (Å²) < 4.78 is 9.93. The molecule has 4 nitrogen and oxygen atoms in total. The van der Waals surface area contributed by atoms with Crippen molar-refractivity contribution in [1.29, 1.82) is 0 Å². The van der Waals surface area contributed by atoms with E-state index in [0.717, 1.165) is 0 Å². The third-order valence-electron chi connectivity index (χ3n) is 2.32. The molecule has 0 aliphatic rings. The predicted octanol–water partition coefficient (Wildman–Crippen LogP) is 0.222. The van der Waals surface area contributed by atoms with Gasteiger partial charge in [0.05, 0.1) is 11.2 Å². The largest absolute Gasteiger partial charge is 0.547 e. The normalized spacial score (nSPS) is 11.9. The van der Waals surface area contributed by atoms with Crippen LogP contribution in [0, 0.1) is 11.7 Å². The van der Waals surface area contributed by atoms with Crippen molar-refractivity contribution in [3.8, 4) is 11.7 Å². The Morgan fingerprint density at radius 1 is 1.27 bits per heavy atom. The van der Waals surface area contributed by atoms with Gasteiger partial charge in [-0.15, -0.1) is 0 Å². The van der Waals surface area contributed by atoms with Crippen LogP contribution >= 0.6 is 0 Å². The summed E-state index contributed by atoms with van der Waals surface area (Å²) in [4.78, 5) is 0. The summed E-state index contributed by atoms with van der Waals surface area (Å²) in [6, 6.07) is 0. The highest BCUT2D eigenvalue weighted by molar-refractivity contribution is 6.53. The summed E-state index contributed by atoms with van der Waals surface area (Å²) in [5, 5.41) is 19.2. The van der Waals surface area contributed by atoms with Gasteiger partial charge in [-0.2, -0.15) is 0 Å². The minimum Gasteiger partial charge on any atom is -0.416 e. The molecule has 0 unspecified atom stereocenters. The highest BCUT2D eigenvalue weighted by atomic mass is 16.5. The van der Waals surface area contributed by atoms with Crippen molar-refractivity contribution in [3.05, 3.63) is 0 Å². The molecule has 0 heterocycles. The van der Waals surface area contributed by atoms with Crippen LogP contribution in [0.3, 0.4) is 0 Å². The van der Waals surface area contributed by atoms with Gasteiger partial charge in [0.1, 0.15) is 6.61 Å². The molecule has 0 fully saturated rings. The molecule has 0 aromatic heterocycles. The Labute approximate surface area is 91.7 Å². The van der Waals surface area contributed by atoms with E-state index < -0.39 is 18.3 Å². The second-order valence-corrected chi connectivity index (χ2v) is 4.29. The van der Waals surface area contributed by atoms with E-state index in [9.17, 15) is 10.1 Å². The summed E-state index contributed by atoms with van der Waals surface area (Å²) in [5.74, 6) is 5.04. The molecular formula is C10H19BO4. The van der Waals surface area contributed by atoms with Gasteiger partial charge in [0.2, 0.25) is 0 Å². The number of ether oxygens (including phenoxy) is 1. The third-order valence-corrected chi connectivity index (χ3v) is 2.32. The number of hydrogen-bond donors (Lipinski definition) is 2. The number of rotatable bonds is 4. The monoisotopic (exact) mass is 214 g/mol. The molecule has 0 rings (SSSR count). The van der Waals surface area contributed by atoms with E-state index in [4.69, 9.17) is 9.39 Å². The van der Waals surface area contributed by atoms with Crippen LogP contribution in [0.15, 0.2) is 0 Å². The summed E-state index contributed by atoms with van der Waals surface area (Å²) in [6.45, 7) is 6.84. The minimum absolute atomic E-state index is 0.239. The lowest BCUT2D eigenvalue weighted by molar-refractivity contribution is -0.0981. The van der Waals surface area contributed by atoms with Crippen molar-refractivity contribution in [2.24, 2.45) is 0 Å². The Morgan fingerprint density at radius 2 is 1.80 bits per heavy atom. The van der Waals surface area contributed by atoms with Crippen molar-refractivity contribution in [2.45, 2.75) is 38.9 Å². The van der Waals surface area contributed by atoms with Gasteiger partial charge in [-0.3, -0.25) is 0 Å². The Kier molecular flexibility index (Phi) is 5.32. The van der Waals surface area contributed by atoms with E-state index >= 15 is 0 Å². The van der Waals surface area contributed by atoms with Crippen LogP contribution in [0.5, 0.6) is 0 Å². The SMILES string of the molecule is COCC#CB(O)OC(C)(C)C(C)(C)O. The molecule has 0 amide bonds. The van der Waals surface area contributed by atoms with Gasteiger partial charge in [0.15, 0.2) is 0 Å². The first kappa shape index (κ1) is 14.5. The van der Waals surface area contributed by atoms with Gasteiger partial charge in [-0.1, -0.05) is 11.7 Å². The van der Waals surface area contributed by atoms with Crippen LogP contribution in [0.1, 0.15) is 27.7 Å². The van der Waals surface area contributed by atoms with E-state index in [-0.39, 0.29) is 6.61 Å². The fraction of sp³-hybridized carbons (Fsp3) is 0.800. The molecule has 0 bridgehead atoms. The molecule has 0 aromatic carbocycles. The van der Waals surface area contributed by atoms with E-state index in [2.05, 4.69) is 11.7 Å². The molecular weight excluding hydrogens is 195 g/mol. The number of methoxy groups -OCH3 is 1. The first-order valence-corrected chi connectivity index (χ1v) is 4.76. The lowest BCUT2D eigenvalue weighted by Crippen LogP contribution is -2.50. The maximum Gasteiger partial charge on any atom is 0.547 e. The topological polar surface area (TPSA) is 58.9 Å². The average Bonchev–Trinajstić information content (AvgIpc) is 2.01. The van der Waals surface area contributed by atoms with Gasteiger partial charge in [0, 0.05) is 7.11 Å². The van der Waals surface area contributed by atoms with Crippen molar-refractivity contribution in [1.82, 2.24) is 0 Å². The zero-order chi connectivity index (χ0) is 12.1. The van der Waals surface area contributed by atoms with E-state index in [1.807, 2.05) is 0 Å². The summed E-state index contributed by atoms with van der Waals surface area (Å²) in [5.41, 5.74) is -1.94. The van der Waals surface area contributed by atoms with Gasteiger partial charge in [-0.25, -0.2) is 0 Å². The highest BCUT2D eigenvalue weighted by Gasteiger charge is 2.38. The fourth-order valence-corrected chi connectivity index (χ4v) is 0.654. The first-order valence-electron chi connectivity index (χ1n) is 4.76. The average molecular weight is 214 g/mol. The van der Waals surface area contributed by atoms with Gasteiger partial charge >= 0.3 is 7.12 Å². The number of aliphatic hydroxyl groups is 1. The fourth-order valence-electron chi connectivity index (χ4n) is 0.654. The maximum absolute atomic E-state index is 9.76. The molecule has 5 heteroatoms. The quantitative estimate of drug-likeness (QED) is 0.519. The van der Waals surface area contributed by atoms with Gasteiger partial charge in [-0.05, 0) is 27.7 Å². The molecule has 0 radical (unpaired) electrons. The predicted molar refractivity (Wildman–Crippen MR) is 59.1 cm³/mol. The highest BCUT2D eigenvalue weighted by Crippen LogP contribution is 2.25. The van der Waals surface area contributed by atoms with Gasteiger partial charge in [0.25, 0.3) is 0 Å². The lowest BCUT2D eigenvalue weighted by Gasteiger charge is -2.37. The van der Waals surface area contributed by atoms with Crippen molar-refractivity contribution >= 4 is 7.12 Å². The zero-order valence-corrected chi connectivity index (χ0v) is 10.00. The van der Waals surface area contributed by atoms with Crippen LogP contribution in [0.25, 0.3) is 0 Å². The van der Waals surface area contributed by atoms with E-state index in [1.54, 1.807) is 27.7 Å². The van der Waals surface area contributed by atoms with Crippen molar-refractivity contribution in [3.63, 3.8) is 0 Å². The second kappa shape index (κ2) is 5.52. The molecule has 0 aliphatic heterocycles. The summed E-state index contributed by atoms with van der Waals surface area (Å²) in [7, 11) is 0.296. The van der Waals surface area contributed by atoms with Gasteiger partial charge < -0.3 is 19.5 Å². The Hall–Kier alpha value is -0.535. The van der Waals surface area contributed by atoms with Crippen molar-refractivity contribution < 1.29 is 19.5 Å². The summed E-state index contributed by atoms with van der Waals surface area (Å²) >= 11 is 0. The zero-order valence-electron chi connectivity index (χ0n) is 10.00. The lowest BCUT2D eigenvalue weighted by atomic mass is 9.84. The smallest absolute Gasteiger partial charge is 0.416 e. The van der Waals surface area contributed by atoms with Crippen LogP contribution in [-0.2, 0) is 9.39 Å².